The van der Waals surface area contributed by atoms with Gasteiger partial charge in [0.15, 0.2) is 0 Å². The Morgan fingerprint density at radius 3 is 2.42 bits per heavy atom. The quantitative estimate of drug-likeness (QED) is 0.606. The molecule has 24 heavy (non-hydrogen) atoms. The second-order valence-corrected chi connectivity index (χ2v) is 7.25. The molecule has 0 atom stereocenters. The lowest BCUT2D eigenvalue weighted by Crippen LogP contribution is -2.27. The predicted molar refractivity (Wildman–Crippen MR) is 99.4 cm³/mol. The van der Waals surface area contributed by atoms with Gasteiger partial charge in [0.2, 0.25) is 0 Å². The van der Waals surface area contributed by atoms with E-state index in [4.69, 9.17) is 34.8 Å². The SMILES string of the molecule is O=C1S/C(=C\c2ccc(Cl)c(Cl)c2)C(=O)N1Cc1ccccc1Cl. The van der Waals surface area contributed by atoms with Crippen LogP contribution in [-0.2, 0) is 11.3 Å². The normalized spacial score (nSPS) is 16.3. The van der Waals surface area contributed by atoms with E-state index in [0.717, 1.165) is 17.3 Å². The second-order valence-electron chi connectivity index (χ2n) is 5.03. The lowest BCUT2D eigenvalue weighted by atomic mass is 10.2. The van der Waals surface area contributed by atoms with Gasteiger partial charge < -0.3 is 0 Å². The fraction of sp³-hybridized carbons (Fsp3) is 0.0588. The molecule has 2 aromatic rings. The van der Waals surface area contributed by atoms with E-state index in [2.05, 4.69) is 0 Å². The molecule has 0 aromatic heterocycles. The summed E-state index contributed by atoms with van der Waals surface area (Å²) in [5.41, 5.74) is 1.42. The highest BCUT2D eigenvalue weighted by Gasteiger charge is 2.35. The van der Waals surface area contributed by atoms with Crippen molar-refractivity contribution in [3.63, 3.8) is 0 Å². The lowest BCUT2D eigenvalue weighted by Gasteiger charge is -2.13. The molecule has 122 valence electrons. The third-order valence-corrected chi connectivity index (χ3v) is 5.42. The van der Waals surface area contributed by atoms with Crippen LogP contribution in [0.2, 0.25) is 15.1 Å². The number of hydrogen-bond acceptors (Lipinski definition) is 3. The van der Waals surface area contributed by atoms with Gasteiger partial charge >= 0.3 is 0 Å². The molecule has 2 amide bonds. The molecule has 0 radical (unpaired) electrons. The van der Waals surface area contributed by atoms with Crippen molar-refractivity contribution in [1.82, 2.24) is 4.90 Å². The average Bonchev–Trinajstić information content (AvgIpc) is 2.80. The van der Waals surface area contributed by atoms with Gasteiger partial charge in [-0.15, -0.1) is 0 Å². The van der Waals surface area contributed by atoms with Crippen LogP contribution in [-0.4, -0.2) is 16.0 Å². The van der Waals surface area contributed by atoms with E-state index in [1.807, 2.05) is 6.07 Å². The zero-order valence-electron chi connectivity index (χ0n) is 12.1. The van der Waals surface area contributed by atoms with Crippen molar-refractivity contribution >= 4 is 63.8 Å². The van der Waals surface area contributed by atoms with Crippen molar-refractivity contribution in [2.75, 3.05) is 0 Å². The van der Waals surface area contributed by atoms with Gasteiger partial charge in [0.25, 0.3) is 11.1 Å². The van der Waals surface area contributed by atoms with Crippen LogP contribution in [0.1, 0.15) is 11.1 Å². The van der Waals surface area contributed by atoms with E-state index in [1.54, 1.807) is 42.5 Å². The van der Waals surface area contributed by atoms with Gasteiger partial charge in [0.1, 0.15) is 0 Å². The van der Waals surface area contributed by atoms with E-state index in [9.17, 15) is 9.59 Å². The molecule has 7 heteroatoms. The van der Waals surface area contributed by atoms with Crippen LogP contribution < -0.4 is 0 Å². The van der Waals surface area contributed by atoms with E-state index in [1.165, 1.54) is 4.90 Å². The van der Waals surface area contributed by atoms with Crippen molar-refractivity contribution in [2.45, 2.75) is 6.54 Å². The van der Waals surface area contributed by atoms with E-state index >= 15 is 0 Å². The molecule has 0 saturated carbocycles. The van der Waals surface area contributed by atoms with Crippen LogP contribution in [0.25, 0.3) is 6.08 Å². The smallest absolute Gasteiger partial charge is 0.268 e. The first-order valence-electron chi connectivity index (χ1n) is 6.89. The van der Waals surface area contributed by atoms with E-state index in [-0.39, 0.29) is 17.7 Å². The van der Waals surface area contributed by atoms with Crippen LogP contribution in [0, 0.1) is 0 Å². The third kappa shape index (κ3) is 3.62. The highest BCUT2D eigenvalue weighted by Crippen LogP contribution is 2.34. The van der Waals surface area contributed by atoms with E-state index < -0.39 is 0 Å². The zero-order chi connectivity index (χ0) is 17.3. The van der Waals surface area contributed by atoms with Gasteiger partial charge in [-0.05, 0) is 47.2 Å². The first kappa shape index (κ1) is 17.4. The molecule has 0 N–H and O–H groups in total. The molecular weight excluding hydrogens is 389 g/mol. The molecule has 2 aromatic carbocycles. The maximum Gasteiger partial charge on any atom is 0.293 e. The van der Waals surface area contributed by atoms with Crippen LogP contribution in [0.15, 0.2) is 47.4 Å². The average molecular weight is 399 g/mol. The second kappa shape index (κ2) is 7.19. The van der Waals surface area contributed by atoms with Gasteiger partial charge in [-0.1, -0.05) is 59.1 Å². The van der Waals surface area contributed by atoms with Gasteiger partial charge in [-0.3, -0.25) is 14.5 Å². The van der Waals surface area contributed by atoms with Gasteiger partial charge in [0.05, 0.1) is 21.5 Å². The molecule has 1 fully saturated rings. The predicted octanol–water partition coefficient (Wildman–Crippen LogP) is 5.88. The van der Waals surface area contributed by atoms with Crippen molar-refractivity contribution in [2.24, 2.45) is 0 Å². The van der Waals surface area contributed by atoms with E-state index in [0.29, 0.717) is 25.5 Å². The van der Waals surface area contributed by atoms with Crippen molar-refractivity contribution in [3.8, 4) is 0 Å². The molecule has 3 rings (SSSR count). The molecular formula is C17H10Cl3NO2S. The first-order valence-corrected chi connectivity index (χ1v) is 8.84. The Bertz CT molecular complexity index is 867. The minimum absolute atomic E-state index is 0.142. The number of rotatable bonds is 3. The Kier molecular flexibility index (Phi) is 5.21. The summed E-state index contributed by atoms with van der Waals surface area (Å²) in [5, 5.41) is 1.01. The van der Waals surface area contributed by atoms with Gasteiger partial charge in [-0.2, -0.15) is 0 Å². The number of nitrogens with zero attached hydrogens (tertiary/aromatic N) is 1. The maximum atomic E-state index is 12.5. The summed E-state index contributed by atoms with van der Waals surface area (Å²) in [5.74, 6) is -0.351. The molecule has 1 saturated heterocycles. The van der Waals surface area contributed by atoms with Crippen LogP contribution in [0.5, 0.6) is 0 Å². The van der Waals surface area contributed by atoms with Crippen LogP contribution in [0.4, 0.5) is 4.79 Å². The summed E-state index contributed by atoms with van der Waals surface area (Å²) < 4.78 is 0. The topological polar surface area (TPSA) is 37.4 Å². The number of benzene rings is 2. The number of amides is 2. The highest BCUT2D eigenvalue weighted by molar-refractivity contribution is 8.18. The summed E-state index contributed by atoms with van der Waals surface area (Å²) in [6.07, 6.45) is 1.62. The third-order valence-electron chi connectivity index (χ3n) is 3.40. The van der Waals surface area contributed by atoms with Gasteiger partial charge in [-0.25, -0.2) is 0 Å². The number of carbonyl (C=O) groups is 2. The molecule has 1 aliphatic rings. The monoisotopic (exact) mass is 397 g/mol. The Morgan fingerprint density at radius 2 is 1.71 bits per heavy atom. The standard InChI is InChI=1S/C17H10Cl3NO2S/c18-12-4-2-1-3-11(12)9-21-16(22)15(24-17(21)23)8-10-5-6-13(19)14(20)7-10/h1-8H,9H2/b15-8-. The lowest BCUT2D eigenvalue weighted by molar-refractivity contribution is -0.123. The largest absolute Gasteiger partial charge is 0.293 e. The summed E-state index contributed by atoms with van der Waals surface area (Å²) in [6.45, 7) is 0.142. The number of thioether (sulfide) groups is 1. The van der Waals surface area contributed by atoms with Gasteiger partial charge in [0, 0.05) is 5.02 Å². The zero-order valence-corrected chi connectivity index (χ0v) is 15.2. The first-order chi connectivity index (χ1) is 11.5. The number of carbonyl (C=O) groups excluding carboxylic acids is 2. The molecule has 1 heterocycles. The number of halogens is 3. The molecule has 0 spiro atoms. The Labute approximate surface area is 158 Å². The summed E-state index contributed by atoms with van der Waals surface area (Å²) >= 11 is 18.8. The summed E-state index contributed by atoms with van der Waals surface area (Å²) in [6, 6.07) is 12.1. The summed E-state index contributed by atoms with van der Waals surface area (Å²) in [4.78, 5) is 26.2. The Morgan fingerprint density at radius 1 is 0.958 bits per heavy atom. The highest BCUT2D eigenvalue weighted by atomic mass is 35.5. The fourth-order valence-corrected chi connectivity index (χ4v) is 3.53. The number of imide groups is 1. The minimum atomic E-state index is -0.351. The molecule has 0 aliphatic carbocycles. The Balaban J connectivity index is 1.84. The van der Waals surface area contributed by atoms with Crippen molar-refractivity contribution < 1.29 is 9.59 Å². The van der Waals surface area contributed by atoms with Crippen LogP contribution >= 0.6 is 46.6 Å². The molecule has 0 bridgehead atoms. The molecule has 0 unspecified atom stereocenters. The van der Waals surface area contributed by atoms with Crippen molar-refractivity contribution in [3.05, 3.63) is 73.6 Å². The summed E-state index contributed by atoms with van der Waals surface area (Å²) in [7, 11) is 0. The molecule has 3 nitrogen and oxygen atoms in total. The maximum absolute atomic E-state index is 12.5. The minimum Gasteiger partial charge on any atom is -0.268 e. The number of hydrogen-bond donors (Lipinski definition) is 0. The fourth-order valence-electron chi connectivity index (χ4n) is 2.19. The molecule has 1 aliphatic heterocycles. The van der Waals surface area contributed by atoms with Crippen LogP contribution in [0.3, 0.4) is 0 Å². The van der Waals surface area contributed by atoms with Crippen molar-refractivity contribution in [1.29, 1.82) is 0 Å². The Hall–Kier alpha value is -1.46.